The van der Waals surface area contributed by atoms with Crippen molar-refractivity contribution in [1.29, 1.82) is 0 Å². The molecule has 10 nitrogen and oxygen atoms in total. The molecule has 0 aliphatic rings. The van der Waals surface area contributed by atoms with Gasteiger partial charge in [0.1, 0.15) is 0 Å². The smallest absolute Gasteiger partial charge is 0.278 e. The Morgan fingerprint density at radius 3 is 2.43 bits per heavy atom. The number of hydrogen-bond donors (Lipinski definition) is 1. The Balaban J connectivity index is 1.77. The lowest BCUT2D eigenvalue weighted by molar-refractivity contribution is -0.387. The number of nitro benzene ring substituents is 1. The first kappa shape index (κ1) is 19.5. The van der Waals surface area contributed by atoms with Crippen molar-refractivity contribution in [3.8, 4) is 11.4 Å². The third kappa shape index (κ3) is 3.85. The van der Waals surface area contributed by atoms with E-state index in [0.29, 0.717) is 5.82 Å². The quantitative estimate of drug-likeness (QED) is 0.465. The van der Waals surface area contributed by atoms with Crippen LogP contribution in [0.25, 0.3) is 11.4 Å². The van der Waals surface area contributed by atoms with Crippen molar-refractivity contribution in [3.05, 3.63) is 75.2 Å². The molecule has 1 heterocycles. The van der Waals surface area contributed by atoms with Gasteiger partial charge >= 0.3 is 5.69 Å². The topological polar surface area (TPSA) is 129 Å². The van der Waals surface area contributed by atoms with Crippen molar-refractivity contribution in [2.45, 2.75) is 11.4 Å². The molecular formula is C17H17N5O5S. The molecule has 0 saturated carbocycles. The number of aromatic nitrogens is 3. The largest absolute Gasteiger partial charge is 0.345 e. The van der Waals surface area contributed by atoms with Gasteiger partial charge in [-0.1, -0.05) is 42.5 Å². The van der Waals surface area contributed by atoms with Crippen LogP contribution in [0.15, 0.2) is 64.3 Å². The van der Waals surface area contributed by atoms with Gasteiger partial charge in [0.2, 0.25) is 10.0 Å². The molecular weight excluding hydrogens is 386 g/mol. The lowest BCUT2D eigenvalue weighted by atomic mass is 10.2. The van der Waals surface area contributed by atoms with Crippen molar-refractivity contribution in [3.63, 3.8) is 0 Å². The van der Waals surface area contributed by atoms with Gasteiger partial charge in [0.05, 0.1) is 11.5 Å². The van der Waals surface area contributed by atoms with Crippen molar-refractivity contribution in [1.82, 2.24) is 19.1 Å². The maximum absolute atomic E-state index is 12.4. The van der Waals surface area contributed by atoms with E-state index in [1.54, 1.807) is 7.05 Å². The summed E-state index contributed by atoms with van der Waals surface area (Å²) in [6.07, 6.45) is 0. The van der Waals surface area contributed by atoms with Gasteiger partial charge in [0.25, 0.3) is 5.69 Å². The van der Waals surface area contributed by atoms with Gasteiger partial charge in [-0.15, -0.1) is 5.10 Å². The van der Waals surface area contributed by atoms with Crippen molar-refractivity contribution in [2.24, 2.45) is 7.05 Å². The van der Waals surface area contributed by atoms with Crippen LogP contribution in [0, 0.1) is 10.1 Å². The Kier molecular flexibility index (Phi) is 5.38. The van der Waals surface area contributed by atoms with E-state index in [9.17, 15) is 23.3 Å². The first-order valence-electron chi connectivity index (χ1n) is 8.23. The fourth-order valence-electron chi connectivity index (χ4n) is 2.67. The second-order valence-electron chi connectivity index (χ2n) is 5.88. The average Bonchev–Trinajstić information content (AvgIpc) is 2.97. The van der Waals surface area contributed by atoms with Crippen LogP contribution in [0.1, 0.15) is 0 Å². The molecule has 28 heavy (non-hydrogen) atoms. The highest BCUT2D eigenvalue weighted by Gasteiger charge is 2.24. The SMILES string of the molecule is Cn1c(-c2ccccc2)nn(CCNS(=O)(=O)c2ccccc2[N+](=O)[O-])c1=O. The highest BCUT2D eigenvalue weighted by atomic mass is 32.2. The number of nitro groups is 1. The summed E-state index contributed by atoms with van der Waals surface area (Å²) in [7, 11) is -2.54. The third-order valence-electron chi connectivity index (χ3n) is 4.04. The van der Waals surface area contributed by atoms with Gasteiger partial charge in [-0.05, 0) is 6.07 Å². The van der Waals surface area contributed by atoms with Crippen LogP contribution in [0.2, 0.25) is 0 Å². The lowest BCUT2D eigenvalue weighted by Crippen LogP contribution is -2.32. The Morgan fingerprint density at radius 1 is 1.11 bits per heavy atom. The molecule has 0 unspecified atom stereocenters. The van der Waals surface area contributed by atoms with Crippen LogP contribution in [-0.2, 0) is 23.6 Å². The third-order valence-corrected chi connectivity index (χ3v) is 5.55. The highest BCUT2D eigenvalue weighted by molar-refractivity contribution is 7.89. The number of para-hydroxylation sites is 1. The van der Waals surface area contributed by atoms with Gasteiger partial charge in [0, 0.05) is 25.2 Å². The van der Waals surface area contributed by atoms with E-state index < -0.39 is 31.2 Å². The summed E-state index contributed by atoms with van der Waals surface area (Å²) < 4.78 is 29.6. The second kappa shape index (κ2) is 7.74. The molecule has 3 aromatic rings. The van der Waals surface area contributed by atoms with Crippen LogP contribution in [-0.4, -0.2) is 34.2 Å². The second-order valence-corrected chi connectivity index (χ2v) is 7.61. The molecule has 1 aromatic heterocycles. The molecule has 0 fully saturated rings. The minimum Gasteiger partial charge on any atom is -0.278 e. The van der Waals surface area contributed by atoms with Gasteiger partial charge < -0.3 is 0 Å². The Bertz CT molecular complexity index is 1170. The molecule has 0 aliphatic carbocycles. The zero-order chi connectivity index (χ0) is 20.3. The summed E-state index contributed by atoms with van der Waals surface area (Å²) in [5.74, 6) is 0.451. The summed E-state index contributed by atoms with van der Waals surface area (Å²) in [5.41, 5.74) is -0.165. The zero-order valence-electron chi connectivity index (χ0n) is 14.8. The number of benzene rings is 2. The summed E-state index contributed by atoms with van der Waals surface area (Å²) in [5, 5.41) is 15.3. The lowest BCUT2D eigenvalue weighted by Gasteiger charge is -2.06. The number of sulfonamides is 1. The molecule has 0 aliphatic heterocycles. The molecule has 3 rings (SSSR count). The summed E-state index contributed by atoms with van der Waals surface area (Å²) in [4.78, 5) is 22.2. The minimum atomic E-state index is -4.12. The summed E-state index contributed by atoms with van der Waals surface area (Å²) in [6, 6.07) is 14.2. The normalized spacial score (nSPS) is 11.5. The van der Waals surface area contributed by atoms with Crippen molar-refractivity contribution < 1.29 is 13.3 Å². The Morgan fingerprint density at radius 2 is 1.75 bits per heavy atom. The van der Waals surface area contributed by atoms with Gasteiger partial charge in [-0.25, -0.2) is 22.6 Å². The predicted molar refractivity (Wildman–Crippen MR) is 101 cm³/mol. The molecule has 1 N–H and O–H groups in total. The molecule has 0 bridgehead atoms. The van der Waals surface area contributed by atoms with Crippen LogP contribution in [0.3, 0.4) is 0 Å². The maximum atomic E-state index is 12.4. The summed E-state index contributed by atoms with van der Waals surface area (Å²) >= 11 is 0. The summed E-state index contributed by atoms with van der Waals surface area (Å²) in [6.45, 7) is -0.182. The molecule has 0 saturated heterocycles. The van der Waals surface area contributed by atoms with Crippen LogP contribution in [0.5, 0.6) is 0 Å². The number of rotatable bonds is 7. The van der Waals surface area contributed by atoms with Crippen molar-refractivity contribution in [2.75, 3.05) is 6.54 Å². The van der Waals surface area contributed by atoms with E-state index >= 15 is 0 Å². The minimum absolute atomic E-state index is 0.0284. The molecule has 0 amide bonds. The Hall–Kier alpha value is -3.31. The van der Waals surface area contributed by atoms with E-state index in [1.807, 2.05) is 30.3 Å². The maximum Gasteiger partial charge on any atom is 0.345 e. The van der Waals surface area contributed by atoms with E-state index in [4.69, 9.17) is 0 Å². The van der Waals surface area contributed by atoms with Crippen LogP contribution >= 0.6 is 0 Å². The van der Waals surface area contributed by atoms with Gasteiger partial charge in [-0.3, -0.25) is 14.7 Å². The van der Waals surface area contributed by atoms with Crippen LogP contribution < -0.4 is 10.4 Å². The van der Waals surface area contributed by atoms with Gasteiger partial charge in [0.15, 0.2) is 10.7 Å². The molecule has 11 heteroatoms. The molecule has 0 spiro atoms. The number of nitrogens with one attached hydrogen (secondary N) is 1. The fraction of sp³-hybridized carbons (Fsp3) is 0.176. The molecule has 0 radical (unpaired) electrons. The predicted octanol–water partition coefficient (Wildman–Crippen LogP) is 1.14. The fourth-order valence-corrected chi connectivity index (χ4v) is 3.86. The standard InChI is InChI=1S/C17H17N5O5S/c1-20-16(13-7-3-2-4-8-13)19-21(17(20)23)12-11-18-28(26,27)15-10-6-5-9-14(15)22(24)25/h2-10,18H,11-12H2,1H3. The molecule has 146 valence electrons. The zero-order valence-corrected chi connectivity index (χ0v) is 15.7. The molecule has 2 aromatic carbocycles. The number of nitrogens with zero attached hydrogens (tertiary/aromatic N) is 4. The average molecular weight is 403 g/mol. The monoisotopic (exact) mass is 403 g/mol. The van der Waals surface area contributed by atoms with E-state index in [2.05, 4.69) is 9.82 Å². The van der Waals surface area contributed by atoms with E-state index in [1.165, 1.54) is 16.7 Å². The van der Waals surface area contributed by atoms with Crippen LogP contribution in [0.4, 0.5) is 5.69 Å². The Labute approximate surface area is 160 Å². The van der Waals surface area contributed by atoms with E-state index in [-0.39, 0.29) is 13.1 Å². The first-order chi connectivity index (χ1) is 13.3. The van der Waals surface area contributed by atoms with Gasteiger partial charge in [-0.2, -0.15) is 0 Å². The highest BCUT2D eigenvalue weighted by Crippen LogP contribution is 2.22. The molecule has 0 atom stereocenters. The van der Waals surface area contributed by atoms with E-state index in [0.717, 1.165) is 22.4 Å². The van der Waals surface area contributed by atoms with Crippen molar-refractivity contribution >= 4 is 15.7 Å². The number of hydrogen-bond acceptors (Lipinski definition) is 6. The first-order valence-corrected chi connectivity index (χ1v) is 9.72.